The molecule has 0 saturated carbocycles. The highest BCUT2D eigenvalue weighted by atomic mass is 15.3. The third-order valence-corrected chi connectivity index (χ3v) is 1.48. The largest absolute Gasteiger partial charge is 0.399 e. The molecule has 1 rings (SSSR count). The Morgan fingerprint density at radius 1 is 1.21 bits per heavy atom. The number of guanidine groups is 1. The predicted molar refractivity (Wildman–Crippen MR) is 58.7 cm³/mol. The fourth-order valence-electron chi connectivity index (χ4n) is 0.863. The zero-order valence-corrected chi connectivity index (χ0v) is 7.51. The van der Waals surface area contributed by atoms with Crippen molar-refractivity contribution in [2.75, 3.05) is 11.5 Å². The van der Waals surface area contributed by atoms with Crippen LogP contribution in [-0.2, 0) is 0 Å². The van der Waals surface area contributed by atoms with Crippen molar-refractivity contribution in [1.29, 1.82) is 0 Å². The highest BCUT2D eigenvalue weighted by molar-refractivity contribution is 5.88. The van der Waals surface area contributed by atoms with E-state index in [1.165, 1.54) is 6.21 Å². The first-order chi connectivity index (χ1) is 6.59. The van der Waals surface area contributed by atoms with Gasteiger partial charge in [0.2, 0.25) is 5.96 Å². The van der Waals surface area contributed by atoms with E-state index >= 15 is 0 Å². The summed E-state index contributed by atoms with van der Waals surface area (Å²) in [6.45, 7) is 0. The molecule has 0 amide bonds. The summed E-state index contributed by atoms with van der Waals surface area (Å²) in [7, 11) is 0. The number of anilines is 2. The van der Waals surface area contributed by atoms with E-state index < -0.39 is 0 Å². The Morgan fingerprint density at radius 3 is 2.57 bits per heavy atom. The van der Waals surface area contributed by atoms with E-state index in [4.69, 9.17) is 22.9 Å². The van der Waals surface area contributed by atoms with Gasteiger partial charge in [0.25, 0.3) is 0 Å². The van der Waals surface area contributed by atoms with Crippen LogP contribution in [0, 0.1) is 0 Å². The number of nitrogens with zero attached hydrogens (tertiary/aromatic N) is 2. The Bertz CT molecular complexity index is 377. The van der Waals surface area contributed by atoms with Gasteiger partial charge in [-0.25, -0.2) is 0 Å². The lowest BCUT2D eigenvalue weighted by Crippen LogP contribution is -2.21. The van der Waals surface area contributed by atoms with Gasteiger partial charge in [0.15, 0.2) is 0 Å². The van der Waals surface area contributed by atoms with E-state index in [1.807, 2.05) is 0 Å². The number of rotatable bonds is 2. The van der Waals surface area contributed by atoms with E-state index in [0.717, 1.165) is 0 Å². The quantitative estimate of drug-likeness (QED) is 0.217. The number of hydrogen-bond donors (Lipinski definition) is 4. The van der Waals surface area contributed by atoms with Gasteiger partial charge in [0.1, 0.15) is 0 Å². The maximum absolute atomic E-state index is 5.65. The van der Waals surface area contributed by atoms with Crippen molar-refractivity contribution in [2.45, 2.75) is 0 Å². The van der Waals surface area contributed by atoms with Gasteiger partial charge >= 0.3 is 0 Å². The Hall–Kier alpha value is -2.24. The SMILES string of the molecule is NC(N)=NN=Cc1cc(N)ccc1N. The first kappa shape index (κ1) is 9.85. The van der Waals surface area contributed by atoms with Gasteiger partial charge in [-0.2, -0.15) is 5.10 Å². The monoisotopic (exact) mass is 192 g/mol. The Labute approximate surface area is 81.3 Å². The first-order valence-corrected chi connectivity index (χ1v) is 3.86. The molecule has 0 heterocycles. The molecule has 0 unspecified atom stereocenters. The van der Waals surface area contributed by atoms with Crippen molar-refractivity contribution >= 4 is 23.5 Å². The normalized spacial score (nSPS) is 10.3. The fraction of sp³-hybridized carbons (Fsp3) is 0. The van der Waals surface area contributed by atoms with Crippen molar-refractivity contribution in [3.63, 3.8) is 0 Å². The standard InChI is InChI=1S/C8H12N6/c9-6-1-2-7(10)5(3-6)4-13-14-8(11)12/h1-4H,9-10H2,(H4,11,12,14). The number of hydrogen-bond acceptors (Lipinski definition) is 4. The first-order valence-electron chi connectivity index (χ1n) is 3.86. The molecular weight excluding hydrogens is 180 g/mol. The van der Waals surface area contributed by atoms with Crippen LogP contribution >= 0.6 is 0 Å². The number of benzene rings is 1. The predicted octanol–water partition coefficient (Wildman–Crippen LogP) is -0.542. The van der Waals surface area contributed by atoms with Crippen LogP contribution < -0.4 is 22.9 Å². The topological polar surface area (TPSA) is 129 Å². The van der Waals surface area contributed by atoms with Crippen molar-refractivity contribution in [1.82, 2.24) is 0 Å². The van der Waals surface area contributed by atoms with Crippen LogP contribution in [0.1, 0.15) is 5.56 Å². The molecule has 0 aliphatic carbocycles. The highest BCUT2D eigenvalue weighted by Gasteiger charge is 1.95. The van der Waals surface area contributed by atoms with E-state index in [0.29, 0.717) is 16.9 Å². The van der Waals surface area contributed by atoms with Crippen molar-refractivity contribution in [3.05, 3.63) is 23.8 Å². The minimum absolute atomic E-state index is 0.108. The van der Waals surface area contributed by atoms with Crippen molar-refractivity contribution < 1.29 is 0 Å². The second kappa shape index (κ2) is 4.13. The Balaban J connectivity index is 2.91. The van der Waals surface area contributed by atoms with Gasteiger partial charge in [-0.1, -0.05) is 0 Å². The van der Waals surface area contributed by atoms with E-state index in [1.54, 1.807) is 18.2 Å². The molecule has 0 aliphatic rings. The van der Waals surface area contributed by atoms with E-state index in [-0.39, 0.29) is 5.96 Å². The second-order valence-corrected chi connectivity index (χ2v) is 2.66. The van der Waals surface area contributed by atoms with Crippen molar-refractivity contribution in [2.24, 2.45) is 21.7 Å². The minimum atomic E-state index is -0.108. The molecule has 6 heteroatoms. The van der Waals surface area contributed by atoms with E-state index in [2.05, 4.69) is 10.2 Å². The molecule has 6 nitrogen and oxygen atoms in total. The molecule has 1 aromatic carbocycles. The van der Waals surface area contributed by atoms with Gasteiger partial charge in [0, 0.05) is 16.9 Å². The maximum atomic E-state index is 5.65. The summed E-state index contributed by atoms with van der Waals surface area (Å²) >= 11 is 0. The van der Waals surface area contributed by atoms with Gasteiger partial charge in [-0.05, 0) is 18.2 Å². The summed E-state index contributed by atoms with van der Waals surface area (Å²) in [5.41, 5.74) is 23.2. The maximum Gasteiger partial charge on any atom is 0.211 e. The molecule has 14 heavy (non-hydrogen) atoms. The lowest BCUT2D eigenvalue weighted by atomic mass is 10.2. The highest BCUT2D eigenvalue weighted by Crippen LogP contribution is 2.13. The third-order valence-electron chi connectivity index (χ3n) is 1.48. The summed E-state index contributed by atoms with van der Waals surface area (Å²) in [6, 6.07) is 5.07. The van der Waals surface area contributed by atoms with Crippen LogP contribution in [-0.4, -0.2) is 12.2 Å². The summed E-state index contributed by atoms with van der Waals surface area (Å²) in [6.07, 6.45) is 1.44. The smallest absolute Gasteiger partial charge is 0.211 e. The molecule has 0 aliphatic heterocycles. The average Bonchev–Trinajstić information content (AvgIpc) is 2.10. The molecular formula is C8H12N6. The molecule has 0 saturated heterocycles. The van der Waals surface area contributed by atoms with Crippen LogP contribution in [0.5, 0.6) is 0 Å². The van der Waals surface area contributed by atoms with Crippen LogP contribution in [0.15, 0.2) is 28.4 Å². The molecule has 0 aromatic heterocycles. The lowest BCUT2D eigenvalue weighted by molar-refractivity contribution is 1.21. The molecule has 0 fully saturated rings. The second-order valence-electron chi connectivity index (χ2n) is 2.66. The molecule has 0 bridgehead atoms. The summed E-state index contributed by atoms with van der Waals surface area (Å²) in [4.78, 5) is 0. The van der Waals surface area contributed by atoms with Crippen LogP contribution in [0.25, 0.3) is 0 Å². The fourth-order valence-corrected chi connectivity index (χ4v) is 0.863. The van der Waals surface area contributed by atoms with Crippen LogP contribution in [0.3, 0.4) is 0 Å². The van der Waals surface area contributed by atoms with Crippen molar-refractivity contribution in [3.8, 4) is 0 Å². The van der Waals surface area contributed by atoms with Crippen LogP contribution in [0.4, 0.5) is 11.4 Å². The summed E-state index contributed by atoms with van der Waals surface area (Å²) in [5, 5.41) is 7.06. The zero-order valence-electron chi connectivity index (χ0n) is 7.51. The zero-order chi connectivity index (χ0) is 10.6. The van der Waals surface area contributed by atoms with Gasteiger partial charge < -0.3 is 22.9 Å². The van der Waals surface area contributed by atoms with E-state index in [9.17, 15) is 0 Å². The molecule has 74 valence electrons. The average molecular weight is 192 g/mol. The Kier molecular flexibility index (Phi) is 2.90. The number of nitrogen functional groups attached to an aromatic ring is 2. The molecule has 0 radical (unpaired) electrons. The molecule has 8 N–H and O–H groups in total. The van der Waals surface area contributed by atoms with Gasteiger partial charge in [-0.15, -0.1) is 5.10 Å². The van der Waals surface area contributed by atoms with Crippen LogP contribution in [0.2, 0.25) is 0 Å². The van der Waals surface area contributed by atoms with Gasteiger partial charge in [-0.3, -0.25) is 0 Å². The van der Waals surface area contributed by atoms with Gasteiger partial charge in [0.05, 0.1) is 6.21 Å². The molecule has 0 atom stereocenters. The summed E-state index contributed by atoms with van der Waals surface area (Å²) < 4.78 is 0. The Morgan fingerprint density at radius 2 is 1.93 bits per heavy atom. The molecule has 1 aromatic rings. The summed E-state index contributed by atoms with van der Waals surface area (Å²) in [5.74, 6) is -0.108. The molecule has 0 spiro atoms. The lowest BCUT2D eigenvalue weighted by Gasteiger charge is -1.99. The number of nitrogens with two attached hydrogens (primary N) is 4. The third kappa shape index (κ3) is 2.67. The minimum Gasteiger partial charge on any atom is -0.399 e.